The molecule has 222 valence electrons. The van der Waals surface area contributed by atoms with Crippen molar-refractivity contribution in [3.63, 3.8) is 0 Å². The van der Waals surface area contributed by atoms with Crippen molar-refractivity contribution in [1.82, 2.24) is 9.13 Å². The van der Waals surface area contributed by atoms with Gasteiger partial charge in [0.2, 0.25) is 0 Å². The van der Waals surface area contributed by atoms with E-state index in [1.165, 1.54) is 16.9 Å². The van der Waals surface area contributed by atoms with Gasteiger partial charge < -0.3 is 14.0 Å². The fourth-order valence-electron chi connectivity index (χ4n) is 5.88. The summed E-state index contributed by atoms with van der Waals surface area (Å²) in [5.74, 6) is 0.0752. The van der Waals surface area contributed by atoms with Gasteiger partial charge in [-0.2, -0.15) is 0 Å². The normalized spacial score (nSPS) is 14.8. The monoisotopic (exact) mass is 603 g/mol. The van der Waals surface area contributed by atoms with Crippen LogP contribution in [-0.4, -0.2) is 28.8 Å². The predicted octanol–water partition coefficient (Wildman–Crippen LogP) is 5.88. The molecule has 0 saturated carbocycles. The number of nitrogens with zero attached hydrogens (tertiary/aromatic N) is 3. The Hall–Kier alpha value is -4.95. The number of methoxy groups -OCH3 is 1. The zero-order chi connectivity index (χ0) is 31.0. The number of ether oxygens (including phenoxy) is 2. The smallest absolute Gasteiger partial charge is 0.338 e. The average Bonchev–Trinajstić information content (AvgIpc) is 3.50. The Morgan fingerprint density at radius 3 is 2.34 bits per heavy atom. The van der Waals surface area contributed by atoms with Crippen molar-refractivity contribution in [1.29, 1.82) is 0 Å². The highest BCUT2D eigenvalue weighted by molar-refractivity contribution is 7.07. The highest BCUT2D eigenvalue weighted by Crippen LogP contribution is 2.35. The summed E-state index contributed by atoms with van der Waals surface area (Å²) in [4.78, 5) is 32.6. The van der Waals surface area contributed by atoms with Gasteiger partial charge >= 0.3 is 5.97 Å². The van der Waals surface area contributed by atoms with E-state index >= 15 is 0 Å². The Morgan fingerprint density at radius 2 is 1.64 bits per heavy atom. The number of esters is 1. The lowest BCUT2D eigenvalue weighted by molar-refractivity contribution is -0.139. The first-order chi connectivity index (χ1) is 21.3. The van der Waals surface area contributed by atoms with E-state index in [0.717, 1.165) is 28.2 Å². The van der Waals surface area contributed by atoms with Crippen LogP contribution in [0.25, 0.3) is 22.9 Å². The maximum absolute atomic E-state index is 14.1. The van der Waals surface area contributed by atoms with E-state index in [4.69, 9.17) is 14.5 Å². The Kier molecular flexibility index (Phi) is 7.93. The third-order valence-corrected chi connectivity index (χ3v) is 8.92. The number of thiazole rings is 1. The molecule has 3 heterocycles. The number of benzene rings is 3. The van der Waals surface area contributed by atoms with E-state index in [2.05, 4.69) is 60.9 Å². The van der Waals surface area contributed by atoms with Gasteiger partial charge in [-0.25, -0.2) is 9.79 Å². The Morgan fingerprint density at radius 1 is 0.955 bits per heavy atom. The number of fused-ring (bicyclic) bond motifs is 1. The van der Waals surface area contributed by atoms with Gasteiger partial charge in [-0.15, -0.1) is 0 Å². The van der Waals surface area contributed by atoms with Crippen molar-refractivity contribution in [3.8, 4) is 22.6 Å². The number of carbonyl (C=O) groups is 1. The second kappa shape index (κ2) is 12.0. The zero-order valence-electron chi connectivity index (χ0n) is 25.3. The lowest BCUT2D eigenvalue weighted by Crippen LogP contribution is -2.40. The minimum Gasteiger partial charge on any atom is -0.496 e. The molecule has 0 amide bonds. The van der Waals surface area contributed by atoms with Crippen molar-refractivity contribution < 1.29 is 14.3 Å². The molecule has 0 bridgehead atoms. The van der Waals surface area contributed by atoms with Crippen LogP contribution in [0.1, 0.15) is 42.4 Å². The third kappa shape index (κ3) is 5.11. The molecule has 0 saturated heterocycles. The van der Waals surface area contributed by atoms with Crippen LogP contribution in [0.4, 0.5) is 0 Å². The number of aryl methyl sites for hydroxylation is 1. The standard InChI is InChI=1S/C36H33N3O4S/c1-6-43-35(41)32-23(3)37-36-39(33(32)29-14-10-11-15-30(29)42-5)34(40)31(44-36)21-27-20-22(2)38(24(27)4)28-18-16-26(17-19-28)25-12-8-7-9-13-25/h7-21,33H,6H2,1-5H3. The molecule has 0 fully saturated rings. The summed E-state index contributed by atoms with van der Waals surface area (Å²) in [5, 5.41) is 0. The van der Waals surface area contributed by atoms with Crippen molar-refractivity contribution in [2.45, 2.75) is 33.7 Å². The lowest BCUT2D eigenvalue weighted by atomic mass is 9.95. The number of carbonyl (C=O) groups excluding carboxylic acids is 1. The first-order valence-electron chi connectivity index (χ1n) is 14.5. The molecule has 0 N–H and O–H groups in total. The van der Waals surface area contributed by atoms with Gasteiger partial charge in [0.15, 0.2) is 4.80 Å². The Bertz CT molecular complexity index is 2080. The summed E-state index contributed by atoms with van der Waals surface area (Å²) in [6.07, 6.45) is 1.92. The molecular weight excluding hydrogens is 570 g/mol. The second-order valence-corrected chi connectivity index (χ2v) is 11.6. The van der Waals surface area contributed by atoms with Crippen LogP contribution < -0.4 is 19.6 Å². The number of hydrogen-bond acceptors (Lipinski definition) is 6. The molecule has 1 aliphatic heterocycles. The van der Waals surface area contributed by atoms with Gasteiger partial charge in [-0.05, 0) is 74.7 Å². The van der Waals surface area contributed by atoms with E-state index in [-0.39, 0.29) is 12.2 Å². The molecule has 1 aliphatic rings. The van der Waals surface area contributed by atoms with Gasteiger partial charge in [0.1, 0.15) is 11.8 Å². The van der Waals surface area contributed by atoms with E-state index in [9.17, 15) is 9.59 Å². The summed E-state index contributed by atoms with van der Waals surface area (Å²) in [5.41, 5.74) is 7.70. The molecule has 1 atom stereocenters. The molecule has 7 nitrogen and oxygen atoms in total. The lowest BCUT2D eigenvalue weighted by Gasteiger charge is -2.25. The molecule has 0 radical (unpaired) electrons. The van der Waals surface area contributed by atoms with Crippen LogP contribution in [-0.2, 0) is 9.53 Å². The zero-order valence-corrected chi connectivity index (χ0v) is 26.1. The molecule has 3 aromatic carbocycles. The molecule has 44 heavy (non-hydrogen) atoms. The van der Waals surface area contributed by atoms with E-state index in [0.29, 0.717) is 31.9 Å². The van der Waals surface area contributed by atoms with E-state index < -0.39 is 12.0 Å². The summed E-state index contributed by atoms with van der Waals surface area (Å²) in [6, 6.07) is 27.6. The van der Waals surface area contributed by atoms with Crippen LogP contribution in [0.3, 0.4) is 0 Å². The molecule has 5 aromatic rings. The number of para-hydroxylation sites is 1. The number of allylic oxidation sites excluding steroid dienone is 1. The highest BCUT2D eigenvalue weighted by atomic mass is 32.1. The maximum Gasteiger partial charge on any atom is 0.338 e. The van der Waals surface area contributed by atoms with Crippen LogP contribution in [0.5, 0.6) is 5.75 Å². The van der Waals surface area contributed by atoms with Crippen molar-refractivity contribution in [3.05, 3.63) is 138 Å². The molecule has 0 aliphatic carbocycles. The first-order valence-corrected chi connectivity index (χ1v) is 15.3. The third-order valence-electron chi connectivity index (χ3n) is 7.94. The first kappa shape index (κ1) is 29.1. The van der Waals surface area contributed by atoms with Gasteiger partial charge in [0.05, 0.1) is 29.5 Å². The summed E-state index contributed by atoms with van der Waals surface area (Å²) in [7, 11) is 1.58. The maximum atomic E-state index is 14.1. The minimum atomic E-state index is -0.737. The highest BCUT2D eigenvalue weighted by Gasteiger charge is 2.35. The van der Waals surface area contributed by atoms with E-state index in [1.807, 2.05) is 48.5 Å². The van der Waals surface area contributed by atoms with E-state index in [1.54, 1.807) is 25.5 Å². The molecule has 1 unspecified atom stereocenters. The Labute approximate surface area is 259 Å². The molecular formula is C36H33N3O4S. The largest absolute Gasteiger partial charge is 0.496 e. The van der Waals surface area contributed by atoms with Crippen LogP contribution >= 0.6 is 11.3 Å². The van der Waals surface area contributed by atoms with Crippen LogP contribution in [0, 0.1) is 13.8 Å². The second-order valence-electron chi connectivity index (χ2n) is 10.6. The van der Waals surface area contributed by atoms with Gasteiger partial charge in [0.25, 0.3) is 5.56 Å². The molecule has 8 heteroatoms. The van der Waals surface area contributed by atoms with Crippen molar-refractivity contribution >= 4 is 23.4 Å². The number of aromatic nitrogens is 2. The summed E-state index contributed by atoms with van der Waals surface area (Å²) < 4.78 is 15.4. The van der Waals surface area contributed by atoms with Crippen molar-refractivity contribution in [2.24, 2.45) is 4.99 Å². The molecule has 2 aromatic heterocycles. The quantitative estimate of drug-likeness (QED) is 0.218. The Balaban J connectivity index is 1.46. The van der Waals surface area contributed by atoms with Gasteiger partial charge in [-0.3, -0.25) is 9.36 Å². The fourth-order valence-corrected chi connectivity index (χ4v) is 6.92. The van der Waals surface area contributed by atoms with Crippen LogP contribution in [0.15, 0.2) is 106 Å². The number of rotatable bonds is 7. The number of hydrogen-bond donors (Lipinski definition) is 0. The molecule has 6 rings (SSSR count). The fraction of sp³-hybridized carbons (Fsp3) is 0.194. The topological polar surface area (TPSA) is 74.8 Å². The van der Waals surface area contributed by atoms with Crippen LogP contribution in [0.2, 0.25) is 0 Å². The van der Waals surface area contributed by atoms with Gasteiger partial charge in [0, 0.05) is 22.6 Å². The summed E-state index contributed by atoms with van der Waals surface area (Å²) in [6.45, 7) is 7.87. The minimum absolute atomic E-state index is 0.212. The molecule has 0 spiro atoms. The average molecular weight is 604 g/mol. The predicted molar refractivity (Wildman–Crippen MR) is 174 cm³/mol. The van der Waals surface area contributed by atoms with Crippen molar-refractivity contribution in [2.75, 3.05) is 13.7 Å². The van der Waals surface area contributed by atoms with Gasteiger partial charge in [-0.1, -0.05) is 72.0 Å². The summed E-state index contributed by atoms with van der Waals surface area (Å²) >= 11 is 1.31. The SMILES string of the molecule is CCOC(=O)C1=C(C)N=c2sc(=Cc3cc(C)n(-c4ccc(-c5ccccc5)cc4)c3C)c(=O)n2C1c1ccccc1OC.